The van der Waals surface area contributed by atoms with Crippen LogP contribution in [0, 0.1) is 15.5 Å². The van der Waals surface area contributed by atoms with Gasteiger partial charge in [0.25, 0.3) is 18.0 Å². The van der Waals surface area contributed by atoms with E-state index in [0.717, 1.165) is 25.9 Å². The molecule has 6 rings (SSSR count). The molecule has 12 heteroatoms. The molecule has 0 atom stereocenters. The normalized spacial score (nSPS) is 20.0. The van der Waals surface area contributed by atoms with Gasteiger partial charge in [0.2, 0.25) is 0 Å². The van der Waals surface area contributed by atoms with Crippen molar-refractivity contribution in [1.29, 1.82) is 0 Å². The number of aromatic nitrogens is 3. The van der Waals surface area contributed by atoms with Crippen LogP contribution in [0.3, 0.4) is 0 Å². The van der Waals surface area contributed by atoms with E-state index in [1.165, 1.54) is 25.0 Å². The van der Waals surface area contributed by atoms with Crippen molar-refractivity contribution in [3.8, 4) is 16.8 Å². The molecule has 2 aliphatic heterocycles. The second-order valence-corrected chi connectivity index (χ2v) is 10.9. The van der Waals surface area contributed by atoms with E-state index in [4.69, 9.17) is 0 Å². The summed E-state index contributed by atoms with van der Waals surface area (Å²) in [5, 5.41) is 16.0. The lowest BCUT2D eigenvalue weighted by Gasteiger charge is -2.34. The maximum atomic E-state index is 13.7. The summed E-state index contributed by atoms with van der Waals surface area (Å²) in [6, 6.07) is 7.55. The second-order valence-electron chi connectivity index (χ2n) is 10.9. The number of nitro benzene ring substituents is 1. The molecule has 1 aliphatic carbocycles. The van der Waals surface area contributed by atoms with Crippen LogP contribution in [0.15, 0.2) is 42.7 Å². The van der Waals surface area contributed by atoms with Gasteiger partial charge in [-0.1, -0.05) is 0 Å². The van der Waals surface area contributed by atoms with Gasteiger partial charge in [-0.05, 0) is 54.9 Å². The summed E-state index contributed by atoms with van der Waals surface area (Å²) in [6.45, 7) is 1.63. The molecule has 2 saturated heterocycles. The van der Waals surface area contributed by atoms with Crippen molar-refractivity contribution in [2.75, 3.05) is 36.0 Å². The number of halogens is 4. The fraction of sp³-hybridized carbons (Fsp3) is 0.481. The van der Waals surface area contributed by atoms with Crippen LogP contribution < -0.4 is 9.80 Å². The second kappa shape index (κ2) is 9.49. The van der Waals surface area contributed by atoms with E-state index < -0.39 is 23.0 Å². The maximum absolute atomic E-state index is 13.7. The molecule has 4 heterocycles. The fourth-order valence-electron chi connectivity index (χ4n) is 5.62. The van der Waals surface area contributed by atoms with Crippen LogP contribution in [0.2, 0.25) is 0 Å². The molecule has 8 nitrogen and oxygen atoms in total. The number of pyridine rings is 1. The van der Waals surface area contributed by atoms with Gasteiger partial charge in [0, 0.05) is 62.9 Å². The summed E-state index contributed by atoms with van der Waals surface area (Å²) in [5.74, 6) is -2.54. The molecular weight excluding hydrogens is 516 g/mol. The summed E-state index contributed by atoms with van der Waals surface area (Å²) in [4.78, 5) is 18.9. The third kappa shape index (κ3) is 5.16. The van der Waals surface area contributed by atoms with E-state index in [1.54, 1.807) is 40.2 Å². The molecule has 0 bridgehead atoms. The Hall–Kier alpha value is -3.70. The van der Waals surface area contributed by atoms with Gasteiger partial charge in [-0.2, -0.15) is 5.10 Å². The molecule has 3 fully saturated rings. The molecule has 1 aromatic carbocycles. The highest BCUT2D eigenvalue weighted by Crippen LogP contribution is 2.54. The number of alkyl halides is 4. The zero-order valence-corrected chi connectivity index (χ0v) is 21.2. The summed E-state index contributed by atoms with van der Waals surface area (Å²) < 4.78 is 56.4. The van der Waals surface area contributed by atoms with Crippen molar-refractivity contribution in [2.45, 2.75) is 50.9 Å². The van der Waals surface area contributed by atoms with Crippen LogP contribution in [-0.2, 0) is 0 Å². The van der Waals surface area contributed by atoms with E-state index in [2.05, 4.69) is 15.0 Å². The van der Waals surface area contributed by atoms with E-state index >= 15 is 0 Å². The van der Waals surface area contributed by atoms with Gasteiger partial charge in [0.1, 0.15) is 11.5 Å². The zero-order chi connectivity index (χ0) is 27.4. The molecule has 0 amide bonds. The first-order valence-electron chi connectivity index (χ1n) is 13.1. The van der Waals surface area contributed by atoms with E-state index in [0.29, 0.717) is 27.9 Å². The average molecular weight is 545 g/mol. The maximum Gasteiger partial charge on any atom is 0.280 e. The van der Waals surface area contributed by atoms with Crippen LogP contribution in [0.1, 0.15) is 50.6 Å². The van der Waals surface area contributed by atoms with Crippen LogP contribution >= 0.6 is 0 Å². The topological polar surface area (TPSA) is 80.3 Å². The van der Waals surface area contributed by atoms with E-state index in [9.17, 15) is 27.7 Å². The van der Waals surface area contributed by atoms with Crippen molar-refractivity contribution in [1.82, 2.24) is 14.8 Å². The Balaban J connectivity index is 1.33. The first kappa shape index (κ1) is 25.6. The van der Waals surface area contributed by atoms with Crippen LogP contribution in [0.4, 0.5) is 34.8 Å². The Labute approximate surface area is 222 Å². The zero-order valence-electron chi connectivity index (χ0n) is 21.2. The number of anilines is 2. The number of nitro groups is 1. The summed E-state index contributed by atoms with van der Waals surface area (Å²) in [5.41, 5.74) is 2.32. The summed E-state index contributed by atoms with van der Waals surface area (Å²) in [6.07, 6.45) is 4.23. The highest BCUT2D eigenvalue weighted by atomic mass is 19.3. The Morgan fingerprint density at radius 3 is 2.21 bits per heavy atom. The molecule has 2 aromatic heterocycles. The van der Waals surface area contributed by atoms with Gasteiger partial charge in [-0.25, -0.2) is 27.2 Å². The summed E-state index contributed by atoms with van der Waals surface area (Å²) >= 11 is 0. The van der Waals surface area contributed by atoms with E-state index in [-0.39, 0.29) is 37.4 Å². The van der Waals surface area contributed by atoms with Crippen LogP contribution in [0.5, 0.6) is 0 Å². The Morgan fingerprint density at radius 1 is 0.872 bits per heavy atom. The van der Waals surface area contributed by atoms with Gasteiger partial charge in [-0.3, -0.25) is 10.1 Å². The van der Waals surface area contributed by atoms with Gasteiger partial charge in [0.05, 0.1) is 22.5 Å². The van der Waals surface area contributed by atoms with Gasteiger partial charge in [-0.15, -0.1) is 0 Å². The average Bonchev–Trinajstić information content (AvgIpc) is 3.48. The number of rotatable bonds is 6. The first-order chi connectivity index (χ1) is 18.6. The number of nitrogens with zero attached hydrogens (tertiary/aromatic N) is 6. The predicted molar refractivity (Wildman–Crippen MR) is 138 cm³/mol. The minimum Gasteiger partial charge on any atom is -0.370 e. The first-order valence-corrected chi connectivity index (χ1v) is 13.1. The minimum atomic E-state index is -2.83. The molecule has 3 aliphatic rings. The van der Waals surface area contributed by atoms with Gasteiger partial charge < -0.3 is 9.80 Å². The van der Waals surface area contributed by atoms with Gasteiger partial charge in [0.15, 0.2) is 0 Å². The highest BCUT2D eigenvalue weighted by molar-refractivity contribution is 5.70. The number of piperidine rings is 2. The van der Waals surface area contributed by atoms with Crippen molar-refractivity contribution >= 4 is 17.2 Å². The van der Waals surface area contributed by atoms with Crippen molar-refractivity contribution in [2.24, 2.45) is 5.41 Å². The Bertz CT molecular complexity index is 1390. The SMILES string of the molecule is O=[N+]([O-])c1ccc(-n2cc(-c3cc(C(F)F)nc(N4CCC(F)(F)CC4)c3)cn2)c(N2CCC3(CC2)CC3)c1. The number of benzene rings is 1. The molecule has 206 valence electrons. The monoisotopic (exact) mass is 544 g/mol. The quantitative estimate of drug-likeness (QED) is 0.203. The van der Waals surface area contributed by atoms with Crippen molar-refractivity contribution in [3.05, 3.63) is 58.5 Å². The third-order valence-electron chi connectivity index (χ3n) is 8.33. The molecule has 39 heavy (non-hydrogen) atoms. The lowest BCUT2D eigenvalue weighted by atomic mass is 9.93. The lowest BCUT2D eigenvalue weighted by Crippen LogP contribution is -2.39. The number of non-ortho nitro benzene ring substituents is 1. The predicted octanol–water partition coefficient (Wildman–Crippen LogP) is 6.40. The molecule has 0 unspecified atom stereocenters. The Kier molecular flexibility index (Phi) is 6.22. The molecular formula is C27H28F4N6O2. The van der Waals surface area contributed by atoms with Crippen molar-refractivity contribution in [3.63, 3.8) is 0 Å². The largest absolute Gasteiger partial charge is 0.370 e. The van der Waals surface area contributed by atoms with Gasteiger partial charge >= 0.3 is 0 Å². The Morgan fingerprint density at radius 2 is 1.56 bits per heavy atom. The number of hydrogen-bond donors (Lipinski definition) is 0. The molecule has 0 N–H and O–H groups in total. The van der Waals surface area contributed by atoms with E-state index in [1.807, 2.05) is 0 Å². The van der Waals surface area contributed by atoms with Crippen LogP contribution in [0.25, 0.3) is 16.8 Å². The fourth-order valence-corrected chi connectivity index (χ4v) is 5.62. The standard InChI is InChI=1S/C27H28F4N6O2/c28-25(29)21-13-18(14-24(33-21)35-11-7-27(30,31)8-12-35)19-16-32-36(17-19)22-2-1-20(37(38)39)15-23(22)34-9-5-26(3-4-26)6-10-34/h1-2,13-17,25H,3-12H2. The van der Waals surface area contributed by atoms with Crippen molar-refractivity contribution < 1.29 is 22.5 Å². The third-order valence-corrected chi connectivity index (χ3v) is 8.33. The molecule has 0 radical (unpaired) electrons. The smallest absolute Gasteiger partial charge is 0.280 e. The van der Waals surface area contributed by atoms with Crippen LogP contribution in [-0.4, -0.2) is 51.8 Å². The molecule has 3 aromatic rings. The molecule has 1 saturated carbocycles. The minimum absolute atomic E-state index is 0.0136. The molecule has 1 spiro atoms. The summed E-state index contributed by atoms with van der Waals surface area (Å²) in [7, 11) is 0. The highest BCUT2D eigenvalue weighted by Gasteiger charge is 2.44. The lowest BCUT2D eigenvalue weighted by molar-refractivity contribution is -0.384. The number of hydrogen-bond acceptors (Lipinski definition) is 6.